The van der Waals surface area contributed by atoms with Gasteiger partial charge in [0.25, 0.3) is 0 Å². The molecule has 0 atom stereocenters. The van der Waals surface area contributed by atoms with Crippen molar-refractivity contribution in [3.05, 3.63) is 154 Å². The third-order valence-electron chi connectivity index (χ3n) is 10.5. The van der Waals surface area contributed by atoms with Gasteiger partial charge in [-0.05, 0) is 90.8 Å². The van der Waals surface area contributed by atoms with Crippen LogP contribution in [0.3, 0.4) is 0 Å². The van der Waals surface area contributed by atoms with E-state index in [9.17, 15) is 28.0 Å². The van der Waals surface area contributed by atoms with Crippen molar-refractivity contribution in [3.63, 3.8) is 0 Å². The number of aromatic carboxylic acids is 1. The molecule has 0 aliphatic carbocycles. The van der Waals surface area contributed by atoms with E-state index in [1.54, 1.807) is 59.2 Å². The summed E-state index contributed by atoms with van der Waals surface area (Å²) in [7, 11) is 0. The number of nitrogens with zero attached hydrogens (tertiary/aromatic N) is 8. The molecule has 2 aromatic heterocycles. The minimum absolute atomic E-state index is 0.111. The summed E-state index contributed by atoms with van der Waals surface area (Å²) in [5, 5.41) is 17.6. The molecule has 0 spiro atoms. The van der Waals surface area contributed by atoms with Crippen molar-refractivity contribution in [2.75, 3.05) is 52.4 Å². The van der Waals surface area contributed by atoms with Crippen molar-refractivity contribution in [1.82, 2.24) is 39.2 Å². The van der Waals surface area contributed by atoms with Crippen LogP contribution < -0.4 is 9.47 Å². The number of benzene rings is 4. The number of carboxylic acids is 1. The smallest absolute Gasteiger partial charge is 0.356 e. The monoisotopic (exact) mass is 894 g/mol. The van der Waals surface area contributed by atoms with E-state index in [0.29, 0.717) is 99.0 Å². The topological polar surface area (TPSA) is 156 Å². The summed E-state index contributed by atoms with van der Waals surface area (Å²) in [5.74, 6) is 0.146. The second kappa shape index (κ2) is 20.5. The fourth-order valence-corrected chi connectivity index (χ4v) is 7.35. The molecule has 6 aromatic rings. The van der Waals surface area contributed by atoms with Crippen molar-refractivity contribution in [2.45, 2.75) is 26.9 Å². The maximum absolute atomic E-state index is 14.2. The molecule has 0 radical (unpaired) electrons. The quantitative estimate of drug-likeness (QED) is 0.133. The van der Waals surface area contributed by atoms with Gasteiger partial charge in [-0.2, -0.15) is 19.6 Å². The number of hydrogen-bond donors (Lipinski definition) is 1. The average molecular weight is 895 g/mol. The van der Waals surface area contributed by atoms with Crippen molar-refractivity contribution in [1.29, 1.82) is 0 Å². The van der Waals surface area contributed by atoms with E-state index in [1.807, 2.05) is 24.3 Å². The van der Waals surface area contributed by atoms with Gasteiger partial charge < -0.3 is 24.4 Å². The number of aromatic nitrogens is 4. The molecular weight excluding hydrogens is 850 g/mol. The zero-order valence-electron chi connectivity index (χ0n) is 35.1. The third-order valence-corrected chi connectivity index (χ3v) is 10.7. The minimum Gasteiger partial charge on any atom is -0.476 e. The highest BCUT2D eigenvalue weighted by Gasteiger charge is 2.26. The Balaban J connectivity index is 0.000000191. The van der Waals surface area contributed by atoms with Crippen LogP contribution in [0.25, 0.3) is 0 Å². The molecule has 0 bridgehead atoms. The van der Waals surface area contributed by atoms with Crippen molar-refractivity contribution in [2.24, 2.45) is 0 Å². The first-order valence-electron chi connectivity index (χ1n) is 20.4. The van der Waals surface area contributed by atoms with Crippen LogP contribution >= 0.6 is 11.6 Å². The second-order valence-electron chi connectivity index (χ2n) is 15.3. The summed E-state index contributed by atoms with van der Waals surface area (Å²) >= 11 is 5.98. The molecule has 2 saturated heterocycles. The minimum atomic E-state index is -1.15. The van der Waals surface area contributed by atoms with Gasteiger partial charge in [0.05, 0.1) is 0 Å². The van der Waals surface area contributed by atoms with Gasteiger partial charge in [-0.1, -0.05) is 29.8 Å². The zero-order valence-corrected chi connectivity index (χ0v) is 35.8. The maximum atomic E-state index is 14.2. The number of carbonyl (C=O) groups is 4. The first-order valence-corrected chi connectivity index (χ1v) is 20.8. The standard InChI is InChI=1S/C23H22ClFN4O3.C23H23FN4O4/c1-16(30)22-5-6-29(26-22)23(31)28-9-7-27(8-10-28)15-17-11-19(25)14-21(12-17)32-20-4-2-3-18(24)13-20;1-16-14-28(25-21(16)22(29)30)23(31)27-11-9-26(10-12-27)15-17-3-2-4-20(13-17)32-19-7-5-18(24)6-8-19/h2-6,11-14H,7-10,15H2,1H3;2-8,13-14H,9-12,15H2,1H3,(H,29,30). The molecule has 332 valence electrons. The fraction of sp³-hybridized carbons (Fsp3) is 0.261. The molecule has 0 saturated carbocycles. The van der Waals surface area contributed by atoms with Gasteiger partial charge in [0, 0.05) is 101 Å². The van der Waals surface area contributed by atoms with E-state index in [1.165, 1.54) is 54.3 Å². The molecule has 4 aromatic carbocycles. The van der Waals surface area contributed by atoms with E-state index >= 15 is 0 Å². The van der Waals surface area contributed by atoms with Gasteiger partial charge in [0.1, 0.15) is 40.3 Å². The molecule has 2 aliphatic heterocycles. The molecule has 2 aliphatic rings. The first kappa shape index (κ1) is 45.1. The Morgan fingerprint density at radius 1 is 0.641 bits per heavy atom. The molecule has 1 N–H and O–H groups in total. The van der Waals surface area contributed by atoms with Gasteiger partial charge in [-0.15, -0.1) is 0 Å². The highest BCUT2D eigenvalue weighted by atomic mass is 35.5. The van der Waals surface area contributed by atoms with Gasteiger partial charge in [0.15, 0.2) is 11.5 Å². The summed E-state index contributed by atoms with van der Waals surface area (Å²) in [6.45, 7) is 8.94. The van der Waals surface area contributed by atoms with Crippen LogP contribution in [0.15, 0.2) is 109 Å². The van der Waals surface area contributed by atoms with Crippen LogP contribution in [0.4, 0.5) is 18.4 Å². The molecule has 64 heavy (non-hydrogen) atoms. The van der Waals surface area contributed by atoms with Crippen LogP contribution in [0, 0.1) is 18.6 Å². The van der Waals surface area contributed by atoms with Crippen LogP contribution in [-0.4, -0.2) is 120 Å². The number of rotatable bonds is 10. The Hall–Kier alpha value is -6.95. The van der Waals surface area contributed by atoms with E-state index in [0.717, 1.165) is 15.8 Å². The number of carbonyl (C=O) groups excluding carboxylic acids is 3. The number of amides is 2. The lowest BCUT2D eigenvalue weighted by Crippen LogP contribution is -2.49. The number of ether oxygens (including phenoxy) is 2. The summed E-state index contributed by atoms with van der Waals surface area (Å²) in [4.78, 5) is 55.6. The lowest BCUT2D eigenvalue weighted by molar-refractivity contribution is 0.0688. The van der Waals surface area contributed by atoms with Crippen LogP contribution in [0.1, 0.15) is 44.6 Å². The molecule has 4 heterocycles. The van der Waals surface area contributed by atoms with Crippen LogP contribution in [-0.2, 0) is 13.1 Å². The van der Waals surface area contributed by atoms with Crippen molar-refractivity contribution < 1.29 is 42.5 Å². The van der Waals surface area contributed by atoms with E-state index < -0.39 is 5.97 Å². The molecule has 18 heteroatoms. The largest absolute Gasteiger partial charge is 0.476 e. The summed E-state index contributed by atoms with van der Waals surface area (Å²) in [6.07, 6.45) is 2.95. The molecule has 2 amide bonds. The number of piperazine rings is 2. The van der Waals surface area contributed by atoms with E-state index in [4.69, 9.17) is 26.2 Å². The Morgan fingerprint density at radius 2 is 1.22 bits per heavy atom. The Bertz CT molecular complexity index is 2620. The van der Waals surface area contributed by atoms with E-state index in [2.05, 4.69) is 20.0 Å². The Labute approximate surface area is 372 Å². The molecule has 15 nitrogen and oxygen atoms in total. The van der Waals surface area contributed by atoms with Crippen molar-refractivity contribution >= 4 is 35.4 Å². The number of halogens is 3. The Kier molecular flexibility index (Phi) is 14.4. The highest BCUT2D eigenvalue weighted by molar-refractivity contribution is 6.30. The predicted molar refractivity (Wildman–Crippen MR) is 232 cm³/mol. The van der Waals surface area contributed by atoms with Crippen LogP contribution in [0.2, 0.25) is 5.02 Å². The van der Waals surface area contributed by atoms with Gasteiger partial charge in [-0.25, -0.2) is 23.2 Å². The number of aryl methyl sites for hydroxylation is 1. The lowest BCUT2D eigenvalue weighted by atomic mass is 10.1. The third kappa shape index (κ3) is 11.9. The molecule has 0 unspecified atom stereocenters. The van der Waals surface area contributed by atoms with Crippen molar-refractivity contribution in [3.8, 4) is 23.0 Å². The number of Topliss-reactive ketones (excluding diaryl/α,β-unsaturated/α-hetero) is 1. The van der Waals surface area contributed by atoms with E-state index in [-0.39, 0.29) is 40.9 Å². The number of carboxylic acid groups (broad SMARTS) is 1. The SMILES string of the molecule is CC(=O)c1ccn(C(=O)N2CCN(Cc3cc(F)cc(Oc4cccc(Cl)c4)c3)CC2)n1.Cc1cn(C(=O)N2CCN(Cc3cccc(Oc4ccc(F)cc4)c3)CC2)nc1C(=O)O. The lowest BCUT2D eigenvalue weighted by Gasteiger charge is -2.34. The molecule has 8 rings (SSSR count). The second-order valence-corrected chi connectivity index (χ2v) is 15.7. The number of hydrogen-bond acceptors (Lipinski definition) is 10. The Morgan fingerprint density at radius 3 is 1.81 bits per heavy atom. The highest BCUT2D eigenvalue weighted by Crippen LogP contribution is 2.27. The van der Waals surface area contributed by atoms with Crippen LogP contribution in [0.5, 0.6) is 23.0 Å². The fourth-order valence-electron chi connectivity index (χ4n) is 7.17. The van der Waals surface area contributed by atoms with Gasteiger partial charge >= 0.3 is 18.0 Å². The summed E-state index contributed by atoms with van der Waals surface area (Å²) in [5.41, 5.74) is 2.45. The first-order chi connectivity index (χ1) is 30.8. The van der Waals surface area contributed by atoms with Gasteiger partial charge in [0.2, 0.25) is 0 Å². The normalized spacial score (nSPS) is 14.4. The predicted octanol–water partition coefficient (Wildman–Crippen LogP) is 8.06. The maximum Gasteiger partial charge on any atom is 0.356 e. The molecular formula is C46H45ClF2N8O7. The zero-order chi connectivity index (χ0) is 45.3. The van der Waals surface area contributed by atoms with Gasteiger partial charge in [-0.3, -0.25) is 14.6 Å². The molecule has 2 fully saturated rings. The summed E-state index contributed by atoms with van der Waals surface area (Å²) < 4.78 is 41.1. The average Bonchev–Trinajstić information content (AvgIpc) is 3.93. The summed E-state index contributed by atoms with van der Waals surface area (Å²) in [6, 6.07) is 26.1. The number of ketones is 1.